The van der Waals surface area contributed by atoms with Crippen molar-refractivity contribution in [1.29, 1.82) is 5.26 Å². The number of carbonyl (C=O) groups excluding carboxylic acids is 1. The molecular formula is C16H14FN3O. The van der Waals surface area contributed by atoms with Crippen molar-refractivity contribution in [3.63, 3.8) is 0 Å². The quantitative estimate of drug-likeness (QED) is 0.905. The molecule has 0 heterocycles. The van der Waals surface area contributed by atoms with Crippen LogP contribution in [0.5, 0.6) is 0 Å². The van der Waals surface area contributed by atoms with Crippen molar-refractivity contribution < 1.29 is 9.18 Å². The Balaban J connectivity index is 2.41. The van der Waals surface area contributed by atoms with E-state index in [1.54, 1.807) is 37.3 Å². The molecule has 5 heteroatoms. The number of hydrogen-bond donors (Lipinski definition) is 2. The summed E-state index contributed by atoms with van der Waals surface area (Å²) >= 11 is 0. The van der Waals surface area contributed by atoms with Crippen LogP contribution in [-0.4, -0.2) is 5.91 Å². The highest BCUT2D eigenvalue weighted by Crippen LogP contribution is 2.23. The number of nitrogens with zero attached hydrogens (tertiary/aromatic N) is 1. The van der Waals surface area contributed by atoms with Gasteiger partial charge >= 0.3 is 0 Å². The number of hydrogen-bond acceptors (Lipinski definition) is 3. The van der Waals surface area contributed by atoms with Gasteiger partial charge in [-0.3, -0.25) is 4.79 Å². The molecule has 1 amide bonds. The number of rotatable bonds is 4. The van der Waals surface area contributed by atoms with Crippen LogP contribution in [0.3, 0.4) is 0 Å². The van der Waals surface area contributed by atoms with E-state index in [0.29, 0.717) is 22.4 Å². The van der Waals surface area contributed by atoms with E-state index in [9.17, 15) is 9.18 Å². The SMILES string of the molecule is Cc1cc(F)cc(NC(C(N)=O)c2ccccc2C#N)c1. The first kappa shape index (κ1) is 14.5. The minimum absolute atomic E-state index is 0.349. The zero-order valence-electron chi connectivity index (χ0n) is 11.4. The summed E-state index contributed by atoms with van der Waals surface area (Å²) in [5.41, 5.74) is 7.38. The minimum Gasteiger partial charge on any atom is -0.370 e. The fraction of sp³-hybridized carbons (Fsp3) is 0.125. The maximum absolute atomic E-state index is 13.4. The van der Waals surface area contributed by atoms with Gasteiger partial charge in [-0.05, 0) is 36.8 Å². The normalized spacial score (nSPS) is 11.5. The number of nitriles is 1. The fourth-order valence-corrected chi connectivity index (χ4v) is 2.14. The Morgan fingerprint density at radius 3 is 2.67 bits per heavy atom. The Labute approximate surface area is 122 Å². The molecule has 21 heavy (non-hydrogen) atoms. The number of amides is 1. The number of carbonyl (C=O) groups is 1. The first-order valence-electron chi connectivity index (χ1n) is 6.33. The van der Waals surface area contributed by atoms with Gasteiger partial charge in [0.05, 0.1) is 11.6 Å². The van der Waals surface area contributed by atoms with E-state index in [2.05, 4.69) is 5.32 Å². The van der Waals surface area contributed by atoms with E-state index in [1.807, 2.05) is 6.07 Å². The van der Waals surface area contributed by atoms with Gasteiger partial charge in [-0.15, -0.1) is 0 Å². The minimum atomic E-state index is -0.901. The molecule has 3 N–H and O–H groups in total. The highest BCUT2D eigenvalue weighted by atomic mass is 19.1. The monoisotopic (exact) mass is 283 g/mol. The van der Waals surface area contributed by atoms with Crippen molar-refractivity contribution in [2.45, 2.75) is 13.0 Å². The third-order valence-electron chi connectivity index (χ3n) is 3.03. The number of nitrogens with two attached hydrogens (primary N) is 1. The molecule has 0 fully saturated rings. The lowest BCUT2D eigenvalue weighted by atomic mass is 10.00. The second kappa shape index (κ2) is 6.06. The Morgan fingerprint density at radius 2 is 2.05 bits per heavy atom. The van der Waals surface area contributed by atoms with Gasteiger partial charge in [0.15, 0.2) is 0 Å². The first-order chi connectivity index (χ1) is 10.0. The molecule has 0 spiro atoms. The summed E-state index contributed by atoms with van der Waals surface area (Å²) in [5, 5.41) is 12.0. The van der Waals surface area contributed by atoms with Crippen molar-refractivity contribution >= 4 is 11.6 Å². The van der Waals surface area contributed by atoms with Crippen molar-refractivity contribution in [2.24, 2.45) is 5.73 Å². The van der Waals surface area contributed by atoms with E-state index < -0.39 is 17.8 Å². The van der Waals surface area contributed by atoms with Gasteiger partial charge in [-0.1, -0.05) is 18.2 Å². The van der Waals surface area contributed by atoms with Crippen LogP contribution in [0, 0.1) is 24.1 Å². The summed E-state index contributed by atoms with van der Waals surface area (Å²) in [4.78, 5) is 11.7. The van der Waals surface area contributed by atoms with Crippen molar-refractivity contribution in [3.8, 4) is 6.07 Å². The smallest absolute Gasteiger partial charge is 0.244 e. The van der Waals surface area contributed by atoms with E-state index >= 15 is 0 Å². The lowest BCUT2D eigenvalue weighted by Crippen LogP contribution is -2.28. The van der Waals surface area contributed by atoms with Gasteiger partial charge in [0, 0.05) is 11.3 Å². The number of anilines is 1. The standard InChI is InChI=1S/C16H14FN3O/c1-10-6-12(17)8-13(7-10)20-15(16(19)21)14-5-3-2-4-11(14)9-18/h2-8,15,20H,1H3,(H2,19,21). The molecule has 2 rings (SSSR count). The Morgan fingerprint density at radius 1 is 1.33 bits per heavy atom. The van der Waals surface area contributed by atoms with E-state index in [1.165, 1.54) is 12.1 Å². The molecule has 106 valence electrons. The second-order valence-corrected chi connectivity index (χ2v) is 4.70. The van der Waals surface area contributed by atoms with E-state index in [0.717, 1.165) is 0 Å². The molecule has 0 aliphatic heterocycles. The zero-order valence-corrected chi connectivity index (χ0v) is 11.4. The van der Waals surface area contributed by atoms with E-state index in [4.69, 9.17) is 11.0 Å². The largest absolute Gasteiger partial charge is 0.370 e. The molecule has 2 aromatic carbocycles. The molecule has 0 saturated carbocycles. The molecule has 0 bridgehead atoms. The molecule has 1 atom stereocenters. The molecule has 4 nitrogen and oxygen atoms in total. The molecule has 0 saturated heterocycles. The van der Waals surface area contributed by atoms with Gasteiger partial charge in [0.25, 0.3) is 0 Å². The lowest BCUT2D eigenvalue weighted by molar-refractivity contribution is -0.118. The summed E-state index contributed by atoms with van der Waals surface area (Å²) in [6.45, 7) is 1.75. The lowest BCUT2D eigenvalue weighted by Gasteiger charge is -2.18. The molecule has 0 aromatic heterocycles. The highest BCUT2D eigenvalue weighted by Gasteiger charge is 2.20. The number of primary amides is 1. The van der Waals surface area contributed by atoms with Crippen LogP contribution >= 0.6 is 0 Å². The van der Waals surface area contributed by atoms with Crippen molar-refractivity contribution in [3.05, 3.63) is 65.0 Å². The maximum atomic E-state index is 13.4. The summed E-state index contributed by atoms with van der Waals surface area (Å²) in [6.07, 6.45) is 0. The first-order valence-corrected chi connectivity index (χ1v) is 6.33. The average molecular weight is 283 g/mol. The van der Waals surface area contributed by atoms with Gasteiger partial charge in [-0.25, -0.2) is 4.39 Å². The summed E-state index contributed by atoms with van der Waals surface area (Å²) in [6, 6.07) is 12.1. The summed E-state index contributed by atoms with van der Waals surface area (Å²) < 4.78 is 13.4. The van der Waals surface area contributed by atoms with Crippen LogP contribution in [-0.2, 0) is 4.79 Å². The Bertz CT molecular complexity index is 701. The second-order valence-electron chi connectivity index (χ2n) is 4.70. The third kappa shape index (κ3) is 3.37. The van der Waals surface area contributed by atoms with Gasteiger partial charge < -0.3 is 11.1 Å². The van der Waals surface area contributed by atoms with E-state index in [-0.39, 0.29) is 0 Å². The van der Waals surface area contributed by atoms with Gasteiger partial charge in [0.1, 0.15) is 11.9 Å². The Kier molecular flexibility index (Phi) is 4.19. The zero-order chi connectivity index (χ0) is 15.4. The predicted molar refractivity (Wildman–Crippen MR) is 77.9 cm³/mol. The van der Waals surface area contributed by atoms with Gasteiger partial charge in [0.2, 0.25) is 5.91 Å². The maximum Gasteiger partial charge on any atom is 0.244 e. The molecule has 1 unspecified atom stereocenters. The number of aryl methyl sites for hydroxylation is 1. The average Bonchev–Trinajstić information content (AvgIpc) is 2.43. The summed E-state index contributed by atoms with van der Waals surface area (Å²) in [7, 11) is 0. The van der Waals surface area contributed by atoms with Crippen molar-refractivity contribution in [2.75, 3.05) is 5.32 Å². The Hall–Kier alpha value is -2.87. The van der Waals surface area contributed by atoms with Crippen molar-refractivity contribution in [1.82, 2.24) is 0 Å². The van der Waals surface area contributed by atoms with Crippen LogP contribution < -0.4 is 11.1 Å². The number of halogens is 1. The predicted octanol–water partition coefficient (Wildman–Crippen LogP) is 2.64. The topological polar surface area (TPSA) is 78.9 Å². The van der Waals surface area contributed by atoms with Gasteiger partial charge in [-0.2, -0.15) is 5.26 Å². The van der Waals surface area contributed by atoms with Crippen LogP contribution in [0.2, 0.25) is 0 Å². The molecule has 0 aliphatic rings. The van der Waals surface area contributed by atoms with Crippen LogP contribution in [0.15, 0.2) is 42.5 Å². The van der Waals surface area contributed by atoms with Crippen LogP contribution in [0.4, 0.5) is 10.1 Å². The molecule has 0 aliphatic carbocycles. The number of benzene rings is 2. The van der Waals surface area contributed by atoms with Crippen LogP contribution in [0.25, 0.3) is 0 Å². The molecular weight excluding hydrogens is 269 g/mol. The summed E-state index contributed by atoms with van der Waals surface area (Å²) in [5.74, 6) is -1.05. The third-order valence-corrected chi connectivity index (χ3v) is 3.03. The highest BCUT2D eigenvalue weighted by molar-refractivity contribution is 5.85. The molecule has 2 aromatic rings. The number of nitrogens with one attached hydrogen (secondary N) is 1. The van der Waals surface area contributed by atoms with Crippen LogP contribution in [0.1, 0.15) is 22.7 Å². The fourth-order valence-electron chi connectivity index (χ4n) is 2.14. The molecule has 0 radical (unpaired) electrons.